The van der Waals surface area contributed by atoms with Gasteiger partial charge in [-0.2, -0.15) is 0 Å². The van der Waals surface area contributed by atoms with E-state index in [9.17, 15) is 5.11 Å². The third-order valence-corrected chi connectivity index (χ3v) is 4.20. The van der Waals surface area contributed by atoms with Crippen molar-refractivity contribution in [3.63, 3.8) is 0 Å². The largest absolute Gasteiger partial charge is 0.493 e. The van der Waals surface area contributed by atoms with Crippen LogP contribution in [0.1, 0.15) is 38.4 Å². The van der Waals surface area contributed by atoms with Gasteiger partial charge in [-0.05, 0) is 42.5 Å². The van der Waals surface area contributed by atoms with E-state index in [1.54, 1.807) is 14.2 Å². The average molecular weight is 293 g/mol. The Hall–Kier alpha value is -1.26. The van der Waals surface area contributed by atoms with E-state index >= 15 is 0 Å². The average Bonchev–Trinajstić information content (AvgIpc) is 2.45. The minimum atomic E-state index is -0.501. The molecule has 1 saturated heterocycles. The monoisotopic (exact) mass is 293 g/mol. The summed E-state index contributed by atoms with van der Waals surface area (Å²) in [6, 6.07) is 5.61. The molecule has 1 aliphatic rings. The first-order valence-corrected chi connectivity index (χ1v) is 7.57. The Morgan fingerprint density at radius 2 is 1.95 bits per heavy atom. The van der Waals surface area contributed by atoms with Crippen LogP contribution >= 0.6 is 0 Å². The summed E-state index contributed by atoms with van der Waals surface area (Å²) in [6.45, 7) is 7.36. The first kappa shape index (κ1) is 16.1. The number of hydrogen-bond acceptors (Lipinski definition) is 4. The zero-order valence-corrected chi connectivity index (χ0v) is 13.6. The molecule has 0 bridgehead atoms. The van der Waals surface area contributed by atoms with Crippen molar-refractivity contribution < 1.29 is 14.6 Å². The van der Waals surface area contributed by atoms with Gasteiger partial charge in [-0.25, -0.2) is 0 Å². The Morgan fingerprint density at radius 1 is 1.24 bits per heavy atom. The summed E-state index contributed by atoms with van der Waals surface area (Å²) in [5.74, 6) is 1.35. The van der Waals surface area contributed by atoms with Crippen molar-refractivity contribution in [3.8, 4) is 11.5 Å². The zero-order chi connectivity index (χ0) is 15.5. The minimum absolute atomic E-state index is 0.343. The minimum Gasteiger partial charge on any atom is -0.493 e. The van der Waals surface area contributed by atoms with Crippen LogP contribution in [0.2, 0.25) is 0 Å². The smallest absolute Gasteiger partial charge is 0.161 e. The predicted molar refractivity (Wildman–Crippen MR) is 84.0 cm³/mol. The molecule has 0 spiro atoms. The van der Waals surface area contributed by atoms with Gasteiger partial charge in [-0.1, -0.05) is 19.9 Å². The number of methoxy groups -OCH3 is 2. The number of piperidine rings is 1. The summed E-state index contributed by atoms with van der Waals surface area (Å²) in [5, 5.41) is 10.5. The lowest BCUT2D eigenvalue weighted by Gasteiger charge is -2.38. The van der Waals surface area contributed by atoms with E-state index in [1.807, 2.05) is 18.2 Å². The molecule has 2 rings (SSSR count). The van der Waals surface area contributed by atoms with Crippen molar-refractivity contribution >= 4 is 0 Å². The molecule has 1 N–H and O–H groups in total. The Morgan fingerprint density at radius 3 is 2.57 bits per heavy atom. The predicted octanol–water partition coefficient (Wildman–Crippen LogP) is 2.86. The van der Waals surface area contributed by atoms with Gasteiger partial charge in [-0.15, -0.1) is 0 Å². The number of aliphatic hydroxyl groups is 1. The summed E-state index contributed by atoms with van der Waals surface area (Å²) >= 11 is 0. The van der Waals surface area contributed by atoms with Crippen molar-refractivity contribution in [1.82, 2.24) is 4.90 Å². The maximum absolute atomic E-state index is 10.5. The van der Waals surface area contributed by atoms with Gasteiger partial charge in [-0.3, -0.25) is 4.90 Å². The SMILES string of the molecule is COc1ccc(C(O)CN2CCCC(C)(C)C2)cc1OC. The zero-order valence-electron chi connectivity index (χ0n) is 13.6. The van der Waals surface area contributed by atoms with Crippen molar-refractivity contribution in [3.05, 3.63) is 23.8 Å². The van der Waals surface area contributed by atoms with Crippen LogP contribution in [0.3, 0.4) is 0 Å². The molecule has 0 saturated carbocycles. The van der Waals surface area contributed by atoms with Crippen molar-refractivity contribution in [2.75, 3.05) is 33.9 Å². The molecule has 118 valence electrons. The first-order chi connectivity index (χ1) is 9.95. The van der Waals surface area contributed by atoms with Gasteiger partial charge in [0.2, 0.25) is 0 Å². The maximum atomic E-state index is 10.5. The topological polar surface area (TPSA) is 41.9 Å². The summed E-state index contributed by atoms with van der Waals surface area (Å²) in [4.78, 5) is 2.35. The molecule has 4 nitrogen and oxygen atoms in total. The fourth-order valence-electron chi connectivity index (χ4n) is 3.11. The molecule has 0 aliphatic carbocycles. The van der Waals surface area contributed by atoms with Crippen molar-refractivity contribution in [2.24, 2.45) is 5.41 Å². The number of hydrogen-bond donors (Lipinski definition) is 1. The Bertz CT molecular complexity index is 473. The van der Waals surface area contributed by atoms with Gasteiger partial charge in [0.1, 0.15) is 0 Å². The van der Waals surface area contributed by atoms with Gasteiger partial charge >= 0.3 is 0 Å². The Balaban J connectivity index is 2.04. The fraction of sp³-hybridized carbons (Fsp3) is 0.647. The summed E-state index contributed by atoms with van der Waals surface area (Å²) < 4.78 is 10.5. The Kier molecular flexibility index (Phi) is 5.12. The van der Waals surface area contributed by atoms with Crippen LogP contribution in [0.4, 0.5) is 0 Å². The summed E-state index contributed by atoms with van der Waals surface area (Å²) in [7, 11) is 3.23. The number of ether oxygens (including phenoxy) is 2. The molecule has 1 unspecified atom stereocenters. The number of rotatable bonds is 5. The number of nitrogens with zero attached hydrogens (tertiary/aromatic N) is 1. The third-order valence-electron chi connectivity index (χ3n) is 4.20. The molecule has 1 heterocycles. The lowest BCUT2D eigenvalue weighted by molar-refractivity contribution is 0.0597. The fourth-order valence-corrected chi connectivity index (χ4v) is 3.11. The normalized spacial score (nSPS) is 20.0. The lowest BCUT2D eigenvalue weighted by Crippen LogP contribution is -2.41. The van der Waals surface area contributed by atoms with Crippen LogP contribution in [0, 0.1) is 5.41 Å². The van der Waals surface area contributed by atoms with E-state index in [0.29, 0.717) is 23.5 Å². The molecular weight excluding hydrogens is 266 g/mol. The molecule has 21 heavy (non-hydrogen) atoms. The quantitative estimate of drug-likeness (QED) is 0.906. The van der Waals surface area contributed by atoms with Crippen LogP contribution in [0.15, 0.2) is 18.2 Å². The molecule has 1 aromatic rings. The van der Waals surface area contributed by atoms with Crippen molar-refractivity contribution in [1.29, 1.82) is 0 Å². The van der Waals surface area contributed by atoms with Crippen LogP contribution < -0.4 is 9.47 Å². The lowest BCUT2D eigenvalue weighted by atomic mass is 9.84. The van der Waals surface area contributed by atoms with Crippen LogP contribution in [-0.4, -0.2) is 43.9 Å². The van der Waals surface area contributed by atoms with E-state index in [2.05, 4.69) is 18.7 Å². The summed E-state index contributed by atoms with van der Waals surface area (Å²) in [5.41, 5.74) is 1.21. The number of likely N-dealkylation sites (tertiary alicyclic amines) is 1. The second-order valence-electron chi connectivity index (χ2n) is 6.63. The van der Waals surface area contributed by atoms with Crippen LogP contribution in [0.25, 0.3) is 0 Å². The highest BCUT2D eigenvalue weighted by atomic mass is 16.5. The number of β-amino-alcohol motifs (C(OH)–C–C–N with tert-alkyl or cyclic N) is 1. The van der Waals surface area contributed by atoms with E-state index < -0.39 is 6.10 Å². The molecule has 0 amide bonds. The van der Waals surface area contributed by atoms with Gasteiger partial charge in [0.15, 0.2) is 11.5 Å². The molecule has 0 aromatic heterocycles. The van der Waals surface area contributed by atoms with E-state index in [1.165, 1.54) is 12.8 Å². The second kappa shape index (κ2) is 6.67. The van der Waals surface area contributed by atoms with Gasteiger partial charge in [0.05, 0.1) is 20.3 Å². The number of aliphatic hydroxyl groups excluding tert-OH is 1. The van der Waals surface area contributed by atoms with Crippen LogP contribution in [0.5, 0.6) is 11.5 Å². The maximum Gasteiger partial charge on any atom is 0.161 e. The highest BCUT2D eigenvalue weighted by Crippen LogP contribution is 2.32. The highest BCUT2D eigenvalue weighted by Gasteiger charge is 2.27. The molecule has 1 fully saturated rings. The molecule has 1 aromatic carbocycles. The third kappa shape index (κ3) is 4.11. The number of benzene rings is 1. The van der Waals surface area contributed by atoms with Gasteiger partial charge in [0, 0.05) is 13.1 Å². The summed E-state index contributed by atoms with van der Waals surface area (Å²) in [6.07, 6.45) is 1.96. The highest BCUT2D eigenvalue weighted by molar-refractivity contribution is 5.43. The molecular formula is C17H27NO3. The van der Waals surface area contributed by atoms with Crippen molar-refractivity contribution in [2.45, 2.75) is 32.8 Å². The standard InChI is InChI=1S/C17H27NO3/c1-17(2)8-5-9-18(12-17)11-14(19)13-6-7-15(20-3)16(10-13)21-4/h6-7,10,14,19H,5,8-9,11-12H2,1-4H3. The first-order valence-electron chi connectivity index (χ1n) is 7.57. The van der Waals surface area contributed by atoms with E-state index in [-0.39, 0.29) is 0 Å². The molecule has 1 atom stereocenters. The Labute approximate surface area is 127 Å². The van der Waals surface area contributed by atoms with Gasteiger partial charge < -0.3 is 14.6 Å². The van der Waals surface area contributed by atoms with E-state index in [0.717, 1.165) is 18.7 Å². The molecule has 4 heteroatoms. The molecule has 0 radical (unpaired) electrons. The second-order valence-corrected chi connectivity index (χ2v) is 6.63. The van der Waals surface area contributed by atoms with E-state index in [4.69, 9.17) is 9.47 Å². The van der Waals surface area contributed by atoms with Crippen LogP contribution in [-0.2, 0) is 0 Å². The molecule has 1 aliphatic heterocycles. The van der Waals surface area contributed by atoms with Gasteiger partial charge in [0.25, 0.3) is 0 Å².